The number of benzene rings is 3. The number of piperidine rings is 1. The van der Waals surface area contributed by atoms with Gasteiger partial charge in [0.15, 0.2) is 0 Å². The number of ether oxygens (including phenoxy) is 4. The van der Waals surface area contributed by atoms with E-state index in [-0.39, 0.29) is 75.9 Å². The van der Waals surface area contributed by atoms with Gasteiger partial charge >= 0.3 is 0 Å². The van der Waals surface area contributed by atoms with Crippen molar-refractivity contribution in [2.75, 3.05) is 83.1 Å². The first-order valence-electron chi connectivity index (χ1n) is 26.6. The Morgan fingerprint density at radius 2 is 1.66 bits per heavy atom. The molecule has 0 saturated carbocycles. The number of hydrogen-bond donors (Lipinski definition) is 5. The summed E-state index contributed by atoms with van der Waals surface area (Å²) < 4.78 is 23.3. The molecule has 0 aliphatic carbocycles. The fraction of sp³-hybridized carbons (Fsp3) is 0.474. The highest BCUT2D eigenvalue weighted by molar-refractivity contribution is 7.13. The number of aromatic amines is 1. The zero-order valence-corrected chi connectivity index (χ0v) is 46.1. The number of anilines is 3. The molecular formula is C57H71ClN10O8S. The van der Waals surface area contributed by atoms with Crippen LogP contribution < -0.4 is 25.6 Å². The number of H-pyrrole nitrogens is 1. The molecule has 0 bridgehead atoms. The predicted molar refractivity (Wildman–Crippen MR) is 300 cm³/mol. The third kappa shape index (κ3) is 13.7. The maximum absolute atomic E-state index is 14.8. The molecule has 410 valence electrons. The lowest BCUT2D eigenvalue weighted by Crippen LogP contribution is -2.65. The molecular weight excluding hydrogens is 1020 g/mol. The molecule has 4 atom stereocenters. The average Bonchev–Trinajstić information content (AvgIpc) is 4.19. The van der Waals surface area contributed by atoms with Gasteiger partial charge in [0.25, 0.3) is 0 Å². The molecule has 3 saturated heterocycles. The van der Waals surface area contributed by atoms with E-state index >= 15 is 0 Å². The van der Waals surface area contributed by atoms with Crippen LogP contribution >= 0.6 is 22.9 Å². The van der Waals surface area contributed by atoms with E-state index in [4.69, 9.17) is 35.5 Å². The molecule has 3 aromatic carbocycles. The zero-order chi connectivity index (χ0) is 54.1. The van der Waals surface area contributed by atoms with Crippen LogP contribution in [0.1, 0.15) is 64.1 Å². The number of carbonyl (C=O) groups excluding carboxylic acids is 3. The van der Waals surface area contributed by atoms with Crippen LogP contribution in [0.15, 0.2) is 84.6 Å². The number of β-amino-alcohol motifs (C(OH)–C–C–N with tert-alkyl or cyclic N) is 1. The number of thiazole rings is 1. The van der Waals surface area contributed by atoms with E-state index in [1.165, 1.54) is 0 Å². The highest BCUT2D eigenvalue weighted by Gasteiger charge is 2.47. The van der Waals surface area contributed by atoms with Crippen LogP contribution in [0.25, 0.3) is 32.6 Å². The number of amides is 3. The summed E-state index contributed by atoms with van der Waals surface area (Å²) in [5, 5.41) is 22.7. The molecule has 3 aliphatic rings. The van der Waals surface area contributed by atoms with Gasteiger partial charge < -0.3 is 54.8 Å². The van der Waals surface area contributed by atoms with Gasteiger partial charge in [-0.2, -0.15) is 0 Å². The van der Waals surface area contributed by atoms with Crippen LogP contribution in [0.4, 0.5) is 17.3 Å². The normalized spacial score (nSPS) is 21.4. The molecule has 20 heteroatoms. The molecule has 0 spiro atoms. The summed E-state index contributed by atoms with van der Waals surface area (Å²) in [5.74, 6) is 0.433. The summed E-state index contributed by atoms with van der Waals surface area (Å²) in [5.41, 5.74) is 8.32. The van der Waals surface area contributed by atoms with Gasteiger partial charge in [-0.15, -0.1) is 11.3 Å². The van der Waals surface area contributed by atoms with Crippen LogP contribution in [0.5, 0.6) is 5.75 Å². The molecule has 3 amide bonds. The summed E-state index contributed by atoms with van der Waals surface area (Å²) in [7, 11) is 1.63. The van der Waals surface area contributed by atoms with E-state index in [0.717, 1.165) is 43.9 Å². The third-order valence-corrected chi connectivity index (χ3v) is 16.0. The number of aliphatic hydroxyl groups excluding tert-OH is 1. The number of aromatic nitrogens is 4. The molecule has 6 heterocycles. The molecule has 6 aromatic rings. The Morgan fingerprint density at radius 3 is 2.38 bits per heavy atom. The van der Waals surface area contributed by atoms with Crippen molar-refractivity contribution in [3.63, 3.8) is 0 Å². The Hall–Kier alpha value is -6.19. The molecule has 3 aliphatic heterocycles. The molecule has 3 fully saturated rings. The Bertz CT molecular complexity index is 2960. The number of aryl methyl sites for hydroxylation is 1. The van der Waals surface area contributed by atoms with Crippen LogP contribution in [-0.4, -0.2) is 156 Å². The van der Waals surface area contributed by atoms with Crippen molar-refractivity contribution in [3.8, 4) is 27.4 Å². The number of halogens is 1. The second kappa shape index (κ2) is 25.5. The Kier molecular flexibility index (Phi) is 18.4. The van der Waals surface area contributed by atoms with Gasteiger partial charge in [-0.1, -0.05) is 74.8 Å². The average molecular weight is 1090 g/mol. The van der Waals surface area contributed by atoms with Crippen molar-refractivity contribution in [2.45, 2.75) is 96.6 Å². The summed E-state index contributed by atoms with van der Waals surface area (Å²) in [4.78, 5) is 67.6. The van der Waals surface area contributed by atoms with E-state index < -0.39 is 29.6 Å². The topological polar surface area (TPSA) is 209 Å². The van der Waals surface area contributed by atoms with E-state index in [9.17, 15) is 19.5 Å². The summed E-state index contributed by atoms with van der Waals surface area (Å²) in [6, 6.07) is 20.0. The fourth-order valence-electron chi connectivity index (χ4n) is 10.7. The molecule has 5 N–H and O–H groups in total. The van der Waals surface area contributed by atoms with Gasteiger partial charge in [-0.25, -0.2) is 15.0 Å². The lowest BCUT2D eigenvalue weighted by molar-refractivity contribution is -0.137. The minimum atomic E-state index is -0.812. The van der Waals surface area contributed by atoms with Crippen LogP contribution in [0, 0.1) is 12.3 Å². The van der Waals surface area contributed by atoms with Crippen molar-refractivity contribution in [1.29, 1.82) is 0 Å². The number of methoxy groups -OCH3 is 1. The lowest BCUT2D eigenvalue weighted by atomic mass is 9.80. The van der Waals surface area contributed by atoms with Gasteiger partial charge in [-0.3, -0.25) is 19.3 Å². The van der Waals surface area contributed by atoms with E-state index in [0.29, 0.717) is 80.5 Å². The Morgan fingerprint density at radius 1 is 0.935 bits per heavy atom. The first-order valence-corrected chi connectivity index (χ1v) is 27.8. The third-order valence-electron chi connectivity index (χ3n) is 14.8. The molecule has 77 heavy (non-hydrogen) atoms. The Labute approximate surface area is 459 Å². The molecule has 2 unspecified atom stereocenters. The highest BCUT2D eigenvalue weighted by atomic mass is 35.5. The minimum absolute atomic E-state index is 0.0880. The number of carbonyl (C=O) groups is 3. The largest absolute Gasteiger partial charge is 0.494 e. The first kappa shape index (κ1) is 55.6. The maximum Gasteiger partial charge on any atom is 0.237 e. The zero-order valence-electron chi connectivity index (χ0n) is 44.6. The summed E-state index contributed by atoms with van der Waals surface area (Å²) in [6.45, 7) is 11.8. The van der Waals surface area contributed by atoms with Gasteiger partial charge in [0.2, 0.25) is 23.7 Å². The van der Waals surface area contributed by atoms with Gasteiger partial charge in [0, 0.05) is 85.6 Å². The predicted octanol–water partition coefficient (Wildman–Crippen LogP) is 7.75. The summed E-state index contributed by atoms with van der Waals surface area (Å²) >= 11 is 8.25. The van der Waals surface area contributed by atoms with E-state index in [2.05, 4.69) is 56.6 Å². The number of rotatable bonds is 11. The monoisotopic (exact) mass is 1090 g/mol. The number of likely N-dealkylation sites (tertiary alicyclic amines) is 1. The molecule has 3 aromatic heterocycles. The van der Waals surface area contributed by atoms with Gasteiger partial charge in [-0.05, 0) is 60.9 Å². The van der Waals surface area contributed by atoms with Gasteiger partial charge in [0.05, 0.1) is 110 Å². The van der Waals surface area contributed by atoms with Crippen molar-refractivity contribution in [2.24, 2.45) is 5.41 Å². The van der Waals surface area contributed by atoms with Crippen LogP contribution in [0.2, 0.25) is 5.02 Å². The number of fused-ring (bicyclic) bond motifs is 1. The number of nitrogens with zero attached hydrogens (tertiary/aromatic N) is 6. The van der Waals surface area contributed by atoms with Gasteiger partial charge in [0.1, 0.15) is 5.75 Å². The second-order valence-electron chi connectivity index (χ2n) is 21.0. The molecule has 0 radical (unpaired) electrons. The van der Waals surface area contributed by atoms with Crippen molar-refractivity contribution in [1.82, 2.24) is 40.4 Å². The maximum atomic E-state index is 14.8. The SMILES string of the molecule is COc1cc(N2CCC(N3CC(N4C[C@H](O)C[C@H]4C(=O)NCc4ccc(-c5scnc5C)cc4)C(C(C)(C)C)NC(=O)CCOCCOCCOCCC3=O)CC2)ccc1Nc1ncc(Cl)c(-c2c[nH]c3ccccc23)n1. The van der Waals surface area contributed by atoms with Crippen molar-refractivity contribution >= 4 is 68.9 Å². The van der Waals surface area contributed by atoms with Crippen molar-refractivity contribution < 1.29 is 38.4 Å². The van der Waals surface area contributed by atoms with Crippen LogP contribution in [0.3, 0.4) is 0 Å². The quantitative estimate of drug-likeness (QED) is 0.0841. The number of aliphatic hydroxyl groups is 1. The Balaban J connectivity index is 0.948. The standard InChI is InChI=1S/C57H71ClN10O8S/c1-36-53(77-35-62-36)38-12-10-37(11-13-38)30-60-55(72)47-29-41(69)33-68(47)48-34-67(51(71)19-23-75-25-27-76-26-24-74-22-18-50(70)64-54(48)57(2,3)4)39-16-20-66(21-17-39)40-14-15-46(49(28-40)73-5)63-56-61-32-44(58)52(65-56)43-31-59-45-9-7-6-8-42(43)45/h6-15,28,31-32,35,39,41,47-48,54,59,69H,16-27,29-30,33-34H2,1-5H3,(H,60,72)(H,64,70)(H,61,63,65)/t41-,47+,48?,54?/m1/s1. The minimum Gasteiger partial charge on any atom is -0.494 e. The van der Waals surface area contributed by atoms with Crippen molar-refractivity contribution in [3.05, 3.63) is 101 Å². The first-order chi connectivity index (χ1) is 37.2. The second-order valence-corrected chi connectivity index (χ2v) is 22.3. The lowest BCUT2D eigenvalue weighted by Gasteiger charge is -2.47. The molecule has 18 nitrogen and oxygen atoms in total. The highest BCUT2D eigenvalue weighted by Crippen LogP contribution is 2.37. The smallest absolute Gasteiger partial charge is 0.237 e. The fourth-order valence-corrected chi connectivity index (χ4v) is 11.7. The van der Waals surface area contributed by atoms with Crippen LogP contribution in [-0.2, 0) is 35.1 Å². The van der Waals surface area contributed by atoms with E-state index in [1.807, 2.05) is 95.2 Å². The number of nitrogens with one attached hydrogen (secondary N) is 4. The summed E-state index contributed by atoms with van der Waals surface area (Å²) in [6.07, 6.45) is 4.39. The number of para-hydroxylation sites is 1. The molecule has 9 rings (SSSR count). The number of hydrogen-bond acceptors (Lipinski definition) is 15. The van der Waals surface area contributed by atoms with E-state index in [1.54, 1.807) is 24.6 Å².